The Kier molecular flexibility index (Phi) is 3.80. The lowest BCUT2D eigenvalue weighted by Gasteiger charge is -2.16. The van der Waals surface area contributed by atoms with E-state index in [4.69, 9.17) is 9.47 Å². The van der Waals surface area contributed by atoms with Crippen LogP contribution in [-0.2, 0) is 6.54 Å². The van der Waals surface area contributed by atoms with E-state index in [1.807, 2.05) is 25.1 Å². The first-order chi connectivity index (χ1) is 10.1. The molecule has 0 spiro atoms. The smallest absolute Gasteiger partial charge is 0.231 e. The molecule has 1 N–H and O–H groups in total. The molecule has 0 fully saturated rings. The first-order valence-corrected chi connectivity index (χ1v) is 7.01. The van der Waals surface area contributed by atoms with Crippen molar-refractivity contribution in [3.05, 3.63) is 58.9 Å². The molecule has 0 amide bonds. The van der Waals surface area contributed by atoms with Crippen molar-refractivity contribution in [3.63, 3.8) is 0 Å². The van der Waals surface area contributed by atoms with Gasteiger partial charge in [0.2, 0.25) is 6.79 Å². The molecule has 3 rings (SSSR count). The van der Waals surface area contributed by atoms with Gasteiger partial charge in [0.25, 0.3) is 0 Å². The van der Waals surface area contributed by atoms with Crippen LogP contribution in [0.25, 0.3) is 0 Å². The zero-order chi connectivity index (χ0) is 14.8. The number of halogens is 1. The van der Waals surface area contributed by atoms with E-state index in [9.17, 15) is 4.39 Å². The molecule has 1 heterocycles. The van der Waals surface area contributed by atoms with Gasteiger partial charge in [-0.1, -0.05) is 12.1 Å². The van der Waals surface area contributed by atoms with E-state index in [0.717, 1.165) is 28.2 Å². The summed E-state index contributed by atoms with van der Waals surface area (Å²) < 4.78 is 24.0. The van der Waals surface area contributed by atoms with Crippen molar-refractivity contribution < 1.29 is 13.9 Å². The van der Waals surface area contributed by atoms with E-state index in [2.05, 4.69) is 12.2 Å². The Labute approximate surface area is 123 Å². The molecule has 0 saturated carbocycles. The Morgan fingerprint density at radius 2 is 1.95 bits per heavy atom. The van der Waals surface area contributed by atoms with Crippen LogP contribution in [0.2, 0.25) is 0 Å². The first-order valence-electron chi connectivity index (χ1n) is 7.01. The largest absolute Gasteiger partial charge is 0.454 e. The lowest BCUT2D eigenvalue weighted by Crippen LogP contribution is -2.18. The number of rotatable bonds is 4. The highest BCUT2D eigenvalue weighted by molar-refractivity contribution is 5.45. The van der Waals surface area contributed by atoms with Crippen molar-refractivity contribution in [1.29, 1.82) is 0 Å². The highest BCUT2D eigenvalue weighted by Gasteiger charge is 2.15. The molecular weight excluding hydrogens is 269 g/mol. The van der Waals surface area contributed by atoms with Gasteiger partial charge in [-0.25, -0.2) is 4.39 Å². The number of fused-ring (bicyclic) bond motifs is 1. The summed E-state index contributed by atoms with van der Waals surface area (Å²) in [5.74, 6) is 1.36. The van der Waals surface area contributed by atoms with Crippen molar-refractivity contribution in [3.8, 4) is 11.5 Å². The Hall–Kier alpha value is -2.07. The number of hydrogen-bond donors (Lipinski definition) is 1. The summed E-state index contributed by atoms with van der Waals surface area (Å²) in [5.41, 5.74) is 3.18. The van der Waals surface area contributed by atoms with Crippen molar-refractivity contribution >= 4 is 0 Å². The third-order valence-corrected chi connectivity index (χ3v) is 3.81. The molecule has 0 radical (unpaired) electrons. The number of hydrogen-bond acceptors (Lipinski definition) is 3. The van der Waals surface area contributed by atoms with Crippen LogP contribution in [0.3, 0.4) is 0 Å². The van der Waals surface area contributed by atoms with Crippen LogP contribution in [0.5, 0.6) is 11.5 Å². The second-order valence-corrected chi connectivity index (χ2v) is 5.29. The topological polar surface area (TPSA) is 30.5 Å². The summed E-state index contributed by atoms with van der Waals surface area (Å²) in [6.07, 6.45) is 0. The molecule has 110 valence electrons. The van der Waals surface area contributed by atoms with Gasteiger partial charge in [-0.05, 0) is 54.8 Å². The predicted octanol–water partition coefficient (Wildman–Crippen LogP) is 3.71. The Bertz CT molecular complexity index is 657. The molecule has 2 aromatic rings. The van der Waals surface area contributed by atoms with Crippen molar-refractivity contribution in [2.24, 2.45) is 0 Å². The van der Waals surface area contributed by atoms with E-state index in [-0.39, 0.29) is 18.7 Å². The predicted molar refractivity (Wildman–Crippen MR) is 79.0 cm³/mol. The Morgan fingerprint density at radius 3 is 2.81 bits per heavy atom. The maximum Gasteiger partial charge on any atom is 0.231 e. The number of aryl methyl sites for hydroxylation is 1. The third kappa shape index (κ3) is 3.00. The molecule has 2 aromatic carbocycles. The normalized spacial score (nSPS) is 14.2. The van der Waals surface area contributed by atoms with Gasteiger partial charge >= 0.3 is 0 Å². The van der Waals surface area contributed by atoms with Crippen molar-refractivity contribution in [2.45, 2.75) is 26.4 Å². The van der Waals surface area contributed by atoms with Crippen LogP contribution in [-0.4, -0.2) is 6.79 Å². The zero-order valence-corrected chi connectivity index (χ0v) is 12.2. The average molecular weight is 287 g/mol. The van der Waals surface area contributed by atoms with E-state index in [0.29, 0.717) is 6.54 Å². The maximum absolute atomic E-state index is 13.3. The fourth-order valence-corrected chi connectivity index (χ4v) is 2.39. The minimum absolute atomic E-state index is 0.141. The highest BCUT2D eigenvalue weighted by Crippen LogP contribution is 2.34. The molecule has 1 aliphatic rings. The maximum atomic E-state index is 13.3. The van der Waals surface area contributed by atoms with Gasteiger partial charge in [-0.2, -0.15) is 0 Å². The van der Waals surface area contributed by atoms with Crippen LogP contribution in [0.4, 0.5) is 4.39 Å². The van der Waals surface area contributed by atoms with Gasteiger partial charge in [0.15, 0.2) is 11.5 Å². The fraction of sp³-hybridized carbons (Fsp3) is 0.294. The van der Waals surface area contributed by atoms with Gasteiger partial charge in [0, 0.05) is 12.6 Å². The number of nitrogens with one attached hydrogen (secondary N) is 1. The van der Waals surface area contributed by atoms with E-state index in [1.165, 1.54) is 6.07 Å². The molecule has 0 aromatic heterocycles. The van der Waals surface area contributed by atoms with Crippen LogP contribution in [0.1, 0.15) is 29.7 Å². The summed E-state index contributed by atoms with van der Waals surface area (Å²) in [6, 6.07) is 10.9. The summed E-state index contributed by atoms with van der Waals surface area (Å²) in [6.45, 7) is 4.97. The number of ether oxygens (including phenoxy) is 2. The Balaban J connectivity index is 1.69. The molecular formula is C17H18FNO2. The van der Waals surface area contributed by atoms with Crippen molar-refractivity contribution in [2.75, 3.05) is 6.79 Å². The minimum Gasteiger partial charge on any atom is -0.454 e. The third-order valence-electron chi connectivity index (χ3n) is 3.81. The highest BCUT2D eigenvalue weighted by atomic mass is 19.1. The van der Waals surface area contributed by atoms with Crippen LogP contribution < -0.4 is 14.8 Å². The van der Waals surface area contributed by atoms with Crippen LogP contribution in [0, 0.1) is 12.7 Å². The van der Waals surface area contributed by atoms with Gasteiger partial charge in [-0.15, -0.1) is 0 Å². The minimum atomic E-state index is -0.201. The lowest BCUT2D eigenvalue weighted by atomic mass is 10.1. The van der Waals surface area contributed by atoms with Crippen molar-refractivity contribution in [1.82, 2.24) is 5.32 Å². The quantitative estimate of drug-likeness (QED) is 0.929. The molecule has 1 atom stereocenters. The summed E-state index contributed by atoms with van der Waals surface area (Å²) in [4.78, 5) is 0. The van der Waals surface area contributed by atoms with Gasteiger partial charge in [-0.3, -0.25) is 0 Å². The molecule has 3 nitrogen and oxygen atoms in total. The summed E-state index contributed by atoms with van der Waals surface area (Å²) >= 11 is 0. The van der Waals surface area contributed by atoms with E-state index >= 15 is 0 Å². The Morgan fingerprint density at radius 1 is 1.14 bits per heavy atom. The molecule has 0 saturated heterocycles. The molecule has 0 aliphatic carbocycles. The fourth-order valence-electron chi connectivity index (χ4n) is 2.39. The lowest BCUT2D eigenvalue weighted by molar-refractivity contribution is 0.174. The SMILES string of the molecule is Cc1ccc(F)cc1CNC(C)c1ccc2c(c1)OCO2. The second-order valence-electron chi connectivity index (χ2n) is 5.29. The molecule has 4 heteroatoms. The summed E-state index contributed by atoms with van der Waals surface area (Å²) in [5, 5.41) is 3.41. The van der Waals surface area contributed by atoms with Crippen LogP contribution >= 0.6 is 0 Å². The second kappa shape index (κ2) is 5.74. The molecule has 1 aliphatic heterocycles. The average Bonchev–Trinajstić information content (AvgIpc) is 2.95. The van der Waals surface area contributed by atoms with E-state index in [1.54, 1.807) is 12.1 Å². The van der Waals surface area contributed by atoms with E-state index < -0.39 is 0 Å². The standard InChI is InChI=1S/C17H18FNO2/c1-11-3-5-15(18)7-14(11)9-19-12(2)13-4-6-16-17(8-13)21-10-20-16/h3-8,12,19H,9-10H2,1-2H3. The van der Waals surface area contributed by atoms with Gasteiger partial charge < -0.3 is 14.8 Å². The molecule has 21 heavy (non-hydrogen) atoms. The first kappa shape index (κ1) is 13.9. The zero-order valence-electron chi connectivity index (χ0n) is 12.2. The molecule has 0 bridgehead atoms. The number of benzene rings is 2. The van der Waals surface area contributed by atoms with Gasteiger partial charge in [0.1, 0.15) is 5.82 Å². The van der Waals surface area contributed by atoms with Crippen LogP contribution in [0.15, 0.2) is 36.4 Å². The summed E-state index contributed by atoms with van der Waals surface area (Å²) in [7, 11) is 0. The van der Waals surface area contributed by atoms with Gasteiger partial charge in [0.05, 0.1) is 0 Å². The monoisotopic (exact) mass is 287 g/mol. The molecule has 1 unspecified atom stereocenters.